The van der Waals surface area contributed by atoms with Crippen molar-refractivity contribution in [1.29, 1.82) is 5.41 Å². The number of amides is 2. The van der Waals surface area contributed by atoms with Crippen molar-refractivity contribution in [2.45, 2.75) is 31.5 Å². The number of benzene rings is 3. The molecule has 11 nitrogen and oxygen atoms in total. The summed E-state index contributed by atoms with van der Waals surface area (Å²) in [7, 11) is 0. The van der Waals surface area contributed by atoms with Crippen molar-refractivity contribution in [2.24, 2.45) is 11.5 Å². The molecule has 14 heteroatoms. The van der Waals surface area contributed by atoms with E-state index in [1.165, 1.54) is 12.1 Å². The minimum atomic E-state index is -4.54. The molecule has 5 rings (SSSR count). The second kappa shape index (κ2) is 14.7. The molecule has 0 aliphatic rings. The molecule has 2 heterocycles. The summed E-state index contributed by atoms with van der Waals surface area (Å²) in [5.74, 6) is -0.603. The fraction of sp³-hybridized carbons (Fsp3) is 0.206. The van der Waals surface area contributed by atoms with Crippen LogP contribution in [-0.2, 0) is 17.4 Å². The van der Waals surface area contributed by atoms with Gasteiger partial charge in [0.25, 0.3) is 5.91 Å². The minimum absolute atomic E-state index is 0.0119. The summed E-state index contributed by atoms with van der Waals surface area (Å²) in [4.78, 5) is 35.0. The summed E-state index contributed by atoms with van der Waals surface area (Å²) in [5, 5.41) is 13.0. The van der Waals surface area contributed by atoms with Crippen LogP contribution in [0.3, 0.4) is 0 Å². The van der Waals surface area contributed by atoms with Crippen molar-refractivity contribution in [3.63, 3.8) is 0 Å². The van der Waals surface area contributed by atoms with Gasteiger partial charge in [0.05, 0.1) is 16.6 Å². The van der Waals surface area contributed by atoms with Gasteiger partial charge in [-0.25, -0.2) is 4.98 Å². The quantitative estimate of drug-likeness (QED) is 0.0659. The first kappa shape index (κ1) is 33.4. The summed E-state index contributed by atoms with van der Waals surface area (Å²) in [5.41, 5.74) is 13.1. The van der Waals surface area contributed by atoms with Crippen molar-refractivity contribution < 1.29 is 27.5 Å². The van der Waals surface area contributed by atoms with Gasteiger partial charge in [0.2, 0.25) is 5.91 Å². The molecular weight excluding hydrogens is 625 g/mol. The van der Waals surface area contributed by atoms with Crippen LogP contribution in [0.4, 0.5) is 13.2 Å². The Kier molecular flexibility index (Phi) is 10.2. The number of nitrogens with two attached hydrogens (primary N) is 2. The van der Waals surface area contributed by atoms with E-state index in [0.717, 1.165) is 17.8 Å². The molecule has 7 N–H and O–H groups in total. The summed E-state index contributed by atoms with van der Waals surface area (Å²) >= 11 is 0. The molecule has 0 saturated carbocycles. The monoisotopic (exact) mass is 658 g/mol. The third-order valence-corrected chi connectivity index (χ3v) is 7.44. The largest absolute Gasteiger partial charge is 0.457 e. The Hall–Kier alpha value is -5.92. The molecule has 0 radical (unpaired) electrons. The molecule has 248 valence electrons. The van der Waals surface area contributed by atoms with Crippen molar-refractivity contribution in [3.8, 4) is 22.9 Å². The summed E-state index contributed by atoms with van der Waals surface area (Å²) in [6.07, 6.45) is -1.60. The van der Waals surface area contributed by atoms with Gasteiger partial charge >= 0.3 is 6.18 Å². The predicted octanol–water partition coefficient (Wildman–Crippen LogP) is 5.17. The summed E-state index contributed by atoms with van der Waals surface area (Å²) < 4.78 is 47.3. The fourth-order valence-corrected chi connectivity index (χ4v) is 5.20. The van der Waals surface area contributed by atoms with E-state index in [-0.39, 0.29) is 29.8 Å². The van der Waals surface area contributed by atoms with Crippen LogP contribution in [0.2, 0.25) is 0 Å². The number of rotatable bonds is 13. The van der Waals surface area contributed by atoms with Crippen LogP contribution in [0.15, 0.2) is 91.1 Å². The Morgan fingerprint density at radius 3 is 2.40 bits per heavy atom. The van der Waals surface area contributed by atoms with Gasteiger partial charge in [0, 0.05) is 42.5 Å². The number of fused-ring (bicyclic) bond motifs is 1. The topological polar surface area (TPSA) is 174 Å². The van der Waals surface area contributed by atoms with Crippen LogP contribution < -0.4 is 26.8 Å². The lowest BCUT2D eigenvalue weighted by molar-refractivity contribution is -0.137. The van der Waals surface area contributed by atoms with Crippen LogP contribution in [0, 0.1) is 5.41 Å². The van der Waals surface area contributed by atoms with Crippen molar-refractivity contribution in [1.82, 2.24) is 25.2 Å². The number of hydrogen-bond donors (Lipinski definition) is 5. The van der Waals surface area contributed by atoms with E-state index in [1.54, 1.807) is 53.2 Å². The van der Waals surface area contributed by atoms with Gasteiger partial charge in [-0.2, -0.15) is 13.2 Å². The highest BCUT2D eigenvalue weighted by Gasteiger charge is 2.31. The van der Waals surface area contributed by atoms with Gasteiger partial charge < -0.3 is 31.4 Å². The van der Waals surface area contributed by atoms with E-state index in [4.69, 9.17) is 26.6 Å². The molecule has 3 aromatic carbocycles. The SMILES string of the molecule is N=C(N)NCCC[C@@H](C(N)=O)n1c(-c2cccc(Oc3cccc(C(F)(F)F)c3)c2)nc2cc(C(=O)NCCc3ccccn3)ccc21. The van der Waals surface area contributed by atoms with E-state index in [9.17, 15) is 22.8 Å². The zero-order chi connectivity index (χ0) is 34.3. The zero-order valence-electron chi connectivity index (χ0n) is 25.6. The Bertz CT molecular complexity index is 1930. The van der Waals surface area contributed by atoms with Crippen LogP contribution in [0.5, 0.6) is 11.5 Å². The number of ether oxygens (including phenoxy) is 1. The predicted molar refractivity (Wildman–Crippen MR) is 174 cm³/mol. The van der Waals surface area contributed by atoms with Crippen LogP contribution in [-0.4, -0.2) is 45.4 Å². The van der Waals surface area contributed by atoms with Gasteiger partial charge in [0.15, 0.2) is 5.96 Å². The summed E-state index contributed by atoms with van der Waals surface area (Å²) in [6.45, 7) is 0.689. The van der Waals surface area contributed by atoms with Crippen LogP contribution >= 0.6 is 0 Å². The highest BCUT2D eigenvalue weighted by molar-refractivity contribution is 5.98. The van der Waals surface area contributed by atoms with Crippen LogP contribution in [0.25, 0.3) is 22.4 Å². The molecule has 48 heavy (non-hydrogen) atoms. The normalized spacial score (nSPS) is 12.0. The van der Waals surface area contributed by atoms with Crippen molar-refractivity contribution in [2.75, 3.05) is 13.1 Å². The maximum Gasteiger partial charge on any atom is 0.416 e. The van der Waals surface area contributed by atoms with Crippen molar-refractivity contribution in [3.05, 3.63) is 108 Å². The second-order valence-electron chi connectivity index (χ2n) is 10.9. The highest BCUT2D eigenvalue weighted by atomic mass is 19.4. The number of hydrogen-bond acceptors (Lipinski definition) is 6. The molecule has 0 aliphatic carbocycles. The first-order valence-electron chi connectivity index (χ1n) is 15.0. The van der Waals surface area contributed by atoms with Crippen molar-refractivity contribution >= 4 is 28.8 Å². The molecule has 0 bridgehead atoms. The molecule has 2 amide bonds. The Morgan fingerprint density at radius 1 is 0.917 bits per heavy atom. The molecular formula is C34H33F3N8O3. The number of guanidine groups is 1. The third kappa shape index (κ3) is 8.26. The number of halogens is 3. The lowest BCUT2D eigenvalue weighted by Crippen LogP contribution is -2.32. The minimum Gasteiger partial charge on any atom is -0.457 e. The van der Waals surface area contributed by atoms with E-state index >= 15 is 0 Å². The number of nitrogens with one attached hydrogen (secondary N) is 3. The highest BCUT2D eigenvalue weighted by Crippen LogP contribution is 2.35. The number of nitrogens with zero attached hydrogens (tertiary/aromatic N) is 3. The molecule has 0 fully saturated rings. The number of primary amides is 1. The zero-order valence-corrected chi connectivity index (χ0v) is 25.6. The number of pyridine rings is 1. The van der Waals surface area contributed by atoms with E-state index < -0.39 is 23.7 Å². The lowest BCUT2D eigenvalue weighted by Gasteiger charge is -2.20. The van der Waals surface area contributed by atoms with E-state index in [2.05, 4.69) is 15.6 Å². The van der Waals surface area contributed by atoms with Gasteiger partial charge in [-0.3, -0.25) is 20.0 Å². The standard InChI is InChI=1S/C34H33F3N8O3/c35-34(36,37)23-7-4-10-26(20-23)48-25-9-3-6-21(18-25)31-44-27-19-22(32(47)42-17-14-24-8-1-2-15-41-24)12-13-28(27)45(31)29(30(38)46)11-5-16-43-33(39)40/h1-4,6-10,12-13,15,18-20,29H,5,11,14,16-17H2,(H2,38,46)(H,42,47)(H4,39,40,43)/t29-/m0/s1. The number of imidazole rings is 1. The number of aromatic nitrogens is 3. The smallest absolute Gasteiger partial charge is 0.416 e. The molecule has 2 aromatic heterocycles. The van der Waals surface area contributed by atoms with Gasteiger partial charge in [0.1, 0.15) is 23.4 Å². The number of carbonyl (C=O) groups excluding carboxylic acids is 2. The molecule has 0 spiro atoms. The molecule has 0 saturated heterocycles. The molecule has 0 aliphatic heterocycles. The average Bonchev–Trinajstić information content (AvgIpc) is 3.43. The summed E-state index contributed by atoms with van der Waals surface area (Å²) in [6, 6.07) is 20.7. The Balaban J connectivity index is 1.49. The molecule has 5 aromatic rings. The second-order valence-corrected chi connectivity index (χ2v) is 10.9. The number of carbonyl (C=O) groups is 2. The first-order chi connectivity index (χ1) is 23.0. The fourth-order valence-electron chi connectivity index (χ4n) is 5.20. The third-order valence-electron chi connectivity index (χ3n) is 7.44. The number of alkyl halides is 3. The molecule has 0 unspecified atom stereocenters. The lowest BCUT2D eigenvalue weighted by atomic mass is 10.1. The van der Waals surface area contributed by atoms with E-state index in [0.29, 0.717) is 53.9 Å². The Labute approximate surface area is 273 Å². The maximum atomic E-state index is 13.3. The van der Waals surface area contributed by atoms with Gasteiger partial charge in [-0.1, -0.05) is 24.3 Å². The average molecular weight is 659 g/mol. The van der Waals surface area contributed by atoms with Gasteiger partial charge in [-0.15, -0.1) is 0 Å². The van der Waals surface area contributed by atoms with Gasteiger partial charge in [-0.05, 0) is 73.5 Å². The first-order valence-corrected chi connectivity index (χ1v) is 15.0. The Morgan fingerprint density at radius 2 is 1.69 bits per heavy atom. The maximum absolute atomic E-state index is 13.3. The van der Waals surface area contributed by atoms with Crippen LogP contribution in [0.1, 0.15) is 40.5 Å². The molecule has 1 atom stereocenters. The van der Waals surface area contributed by atoms with E-state index in [1.807, 2.05) is 18.2 Å².